The van der Waals surface area contributed by atoms with Crippen LogP contribution in [-0.4, -0.2) is 26.1 Å². The van der Waals surface area contributed by atoms with Crippen molar-refractivity contribution in [1.29, 1.82) is 0 Å². The lowest BCUT2D eigenvalue weighted by molar-refractivity contribution is 0.102. The van der Waals surface area contributed by atoms with Crippen molar-refractivity contribution in [2.75, 3.05) is 5.32 Å². The molecule has 1 aliphatic rings. The number of hydrogen-bond acceptors (Lipinski definition) is 4. The third-order valence-electron chi connectivity index (χ3n) is 4.28. The number of hydrogen-bond donors (Lipinski definition) is 1. The Kier molecular flexibility index (Phi) is 3.46. The molecular weight excluding hydrogens is 316 g/mol. The van der Waals surface area contributed by atoms with E-state index in [4.69, 9.17) is 0 Å². The minimum atomic E-state index is -0.348. The van der Waals surface area contributed by atoms with E-state index in [0.29, 0.717) is 16.9 Å². The highest BCUT2D eigenvalue weighted by Gasteiger charge is 2.18. The smallest absolute Gasteiger partial charge is 0.278 e. The van der Waals surface area contributed by atoms with Gasteiger partial charge in [0.2, 0.25) is 0 Å². The number of allylic oxidation sites excluding steroid dienone is 2. The number of carbonyl (C=O) groups excluding carboxylic acids is 2. The van der Waals surface area contributed by atoms with E-state index in [2.05, 4.69) is 15.3 Å². The van der Waals surface area contributed by atoms with Crippen LogP contribution in [0.4, 0.5) is 5.69 Å². The standard InChI is InChI=1S/C19H16N4O2/c1-11-8-12(2)23-10-20-17(18(23)21-11)19(25)22-14-7-6-13-4-3-5-16(24)15(13)9-14/h3,5-10H,4H2,1-2H3,(H,22,25). The summed E-state index contributed by atoms with van der Waals surface area (Å²) in [5.41, 5.74) is 4.72. The maximum atomic E-state index is 12.6. The highest BCUT2D eigenvalue weighted by atomic mass is 16.2. The number of imidazole rings is 1. The van der Waals surface area contributed by atoms with Crippen molar-refractivity contribution in [3.63, 3.8) is 0 Å². The number of fused-ring (bicyclic) bond motifs is 2. The average molecular weight is 332 g/mol. The highest BCUT2D eigenvalue weighted by Crippen LogP contribution is 2.22. The minimum absolute atomic E-state index is 0.0438. The second-order valence-corrected chi connectivity index (χ2v) is 6.12. The maximum Gasteiger partial charge on any atom is 0.278 e. The SMILES string of the molecule is Cc1cc(C)n2cnc(C(=O)Nc3ccc4c(c3)C(=O)C=CC4)c2n1. The number of nitrogens with zero attached hydrogens (tertiary/aromatic N) is 3. The first-order valence-electron chi connectivity index (χ1n) is 7.99. The summed E-state index contributed by atoms with van der Waals surface area (Å²) in [6.07, 6.45) is 5.72. The molecule has 0 fully saturated rings. The minimum Gasteiger partial charge on any atom is -0.321 e. The molecule has 124 valence electrons. The molecule has 0 radical (unpaired) electrons. The second-order valence-electron chi connectivity index (χ2n) is 6.12. The van der Waals surface area contributed by atoms with E-state index < -0.39 is 0 Å². The van der Waals surface area contributed by atoms with Crippen LogP contribution in [0.2, 0.25) is 0 Å². The normalized spacial score (nSPS) is 13.1. The van der Waals surface area contributed by atoms with E-state index in [0.717, 1.165) is 23.4 Å². The summed E-state index contributed by atoms with van der Waals surface area (Å²) in [4.78, 5) is 33.2. The predicted molar refractivity (Wildman–Crippen MR) is 94.0 cm³/mol. The maximum absolute atomic E-state index is 12.6. The van der Waals surface area contributed by atoms with Crippen molar-refractivity contribution in [3.05, 3.63) is 71.0 Å². The predicted octanol–water partition coefficient (Wildman–Crippen LogP) is 2.89. The molecule has 6 heteroatoms. The van der Waals surface area contributed by atoms with Gasteiger partial charge in [-0.3, -0.25) is 14.0 Å². The Morgan fingerprint density at radius 2 is 2.08 bits per heavy atom. The first-order chi connectivity index (χ1) is 12.0. The molecule has 0 aliphatic heterocycles. The van der Waals surface area contributed by atoms with Gasteiger partial charge in [0.15, 0.2) is 17.1 Å². The molecule has 3 aromatic rings. The topological polar surface area (TPSA) is 76.4 Å². The third-order valence-corrected chi connectivity index (χ3v) is 4.28. The van der Waals surface area contributed by atoms with Gasteiger partial charge in [0.1, 0.15) is 6.33 Å². The molecule has 25 heavy (non-hydrogen) atoms. The number of ketones is 1. The highest BCUT2D eigenvalue weighted by molar-refractivity contribution is 6.10. The quantitative estimate of drug-likeness (QED) is 0.783. The number of rotatable bonds is 2. The van der Waals surface area contributed by atoms with E-state index in [1.54, 1.807) is 28.9 Å². The molecule has 2 aromatic heterocycles. The van der Waals surface area contributed by atoms with Crippen molar-refractivity contribution in [3.8, 4) is 0 Å². The van der Waals surface area contributed by atoms with E-state index in [1.165, 1.54) is 0 Å². The monoisotopic (exact) mass is 332 g/mol. The molecule has 0 spiro atoms. The molecule has 0 bridgehead atoms. The van der Waals surface area contributed by atoms with Crippen LogP contribution < -0.4 is 5.32 Å². The molecule has 1 aromatic carbocycles. The van der Waals surface area contributed by atoms with Crippen molar-refractivity contribution in [1.82, 2.24) is 14.4 Å². The van der Waals surface area contributed by atoms with Crippen LogP contribution in [0, 0.1) is 13.8 Å². The molecule has 0 unspecified atom stereocenters. The summed E-state index contributed by atoms with van der Waals surface area (Å²) in [7, 11) is 0. The Morgan fingerprint density at radius 3 is 2.92 bits per heavy atom. The number of aromatic nitrogens is 3. The zero-order valence-corrected chi connectivity index (χ0v) is 13.9. The lowest BCUT2D eigenvalue weighted by Gasteiger charge is -2.12. The fourth-order valence-corrected chi connectivity index (χ4v) is 3.07. The summed E-state index contributed by atoms with van der Waals surface area (Å²) in [6.45, 7) is 3.82. The summed E-state index contributed by atoms with van der Waals surface area (Å²) < 4.78 is 1.78. The molecule has 1 aliphatic carbocycles. The molecule has 6 nitrogen and oxygen atoms in total. The number of nitrogens with one attached hydrogen (secondary N) is 1. The van der Waals surface area contributed by atoms with Gasteiger partial charge >= 0.3 is 0 Å². The van der Waals surface area contributed by atoms with Crippen LogP contribution in [0.1, 0.15) is 37.8 Å². The van der Waals surface area contributed by atoms with Crippen LogP contribution in [-0.2, 0) is 6.42 Å². The molecular formula is C19H16N4O2. The summed E-state index contributed by atoms with van der Waals surface area (Å²) in [5.74, 6) is -0.392. The van der Waals surface area contributed by atoms with Crippen molar-refractivity contribution < 1.29 is 9.59 Å². The van der Waals surface area contributed by atoms with E-state index in [1.807, 2.05) is 32.1 Å². The van der Waals surface area contributed by atoms with Gasteiger partial charge in [-0.1, -0.05) is 12.1 Å². The van der Waals surface area contributed by atoms with Crippen molar-refractivity contribution in [2.45, 2.75) is 20.3 Å². The largest absolute Gasteiger partial charge is 0.321 e. The second kappa shape index (κ2) is 5.66. The van der Waals surface area contributed by atoms with E-state index in [9.17, 15) is 9.59 Å². The molecule has 1 N–H and O–H groups in total. The van der Waals surface area contributed by atoms with Crippen molar-refractivity contribution >= 4 is 23.0 Å². The Morgan fingerprint density at radius 1 is 1.24 bits per heavy atom. The van der Waals surface area contributed by atoms with Gasteiger partial charge in [-0.05, 0) is 50.1 Å². The van der Waals surface area contributed by atoms with Gasteiger partial charge in [-0.15, -0.1) is 0 Å². The van der Waals surface area contributed by atoms with Crippen LogP contribution in [0.5, 0.6) is 0 Å². The Bertz CT molecular complexity index is 1060. The Labute approximate surface area is 144 Å². The van der Waals surface area contributed by atoms with E-state index >= 15 is 0 Å². The summed E-state index contributed by atoms with van der Waals surface area (Å²) in [5, 5.41) is 2.81. The zero-order chi connectivity index (χ0) is 17.6. The molecule has 0 saturated heterocycles. The van der Waals surface area contributed by atoms with Gasteiger partial charge in [0, 0.05) is 22.6 Å². The molecule has 0 atom stereocenters. The summed E-state index contributed by atoms with van der Waals surface area (Å²) in [6, 6.07) is 7.30. The van der Waals surface area contributed by atoms with Crippen LogP contribution in [0.25, 0.3) is 5.65 Å². The molecule has 1 amide bonds. The fraction of sp³-hybridized carbons (Fsp3) is 0.158. The average Bonchev–Trinajstić information content (AvgIpc) is 3.00. The number of carbonyl (C=O) groups is 2. The van der Waals surface area contributed by atoms with Gasteiger partial charge in [0.25, 0.3) is 5.91 Å². The molecule has 0 saturated carbocycles. The number of benzene rings is 1. The van der Waals surface area contributed by atoms with E-state index in [-0.39, 0.29) is 17.4 Å². The lowest BCUT2D eigenvalue weighted by atomic mass is 9.95. The number of aryl methyl sites for hydroxylation is 2. The molecule has 4 rings (SSSR count). The van der Waals surface area contributed by atoms with Gasteiger partial charge in [0.05, 0.1) is 0 Å². The zero-order valence-electron chi connectivity index (χ0n) is 13.9. The van der Waals surface area contributed by atoms with Crippen LogP contribution in [0.3, 0.4) is 0 Å². The third kappa shape index (κ3) is 2.61. The van der Waals surface area contributed by atoms with Crippen LogP contribution in [0.15, 0.2) is 42.7 Å². The fourth-order valence-electron chi connectivity index (χ4n) is 3.07. The number of amides is 1. The Balaban J connectivity index is 1.67. The first kappa shape index (κ1) is 15.3. The first-order valence-corrected chi connectivity index (χ1v) is 7.99. The Hall–Kier alpha value is -3.28. The van der Waals surface area contributed by atoms with Gasteiger partial charge in [-0.25, -0.2) is 9.97 Å². The lowest BCUT2D eigenvalue weighted by Crippen LogP contribution is -2.15. The van der Waals surface area contributed by atoms with Gasteiger partial charge < -0.3 is 5.32 Å². The molecule has 2 heterocycles. The number of anilines is 1. The van der Waals surface area contributed by atoms with Crippen LogP contribution >= 0.6 is 0 Å². The summed E-state index contributed by atoms with van der Waals surface area (Å²) >= 11 is 0. The van der Waals surface area contributed by atoms with Crippen molar-refractivity contribution in [2.24, 2.45) is 0 Å². The van der Waals surface area contributed by atoms with Gasteiger partial charge in [-0.2, -0.15) is 0 Å².